The van der Waals surface area contributed by atoms with Gasteiger partial charge >= 0.3 is 0 Å². The molecule has 1 saturated heterocycles. The highest BCUT2D eigenvalue weighted by Crippen LogP contribution is 2.21. The van der Waals surface area contributed by atoms with E-state index in [0.717, 1.165) is 24.3 Å². The van der Waals surface area contributed by atoms with Crippen LogP contribution in [-0.2, 0) is 6.54 Å². The van der Waals surface area contributed by atoms with Crippen molar-refractivity contribution in [2.45, 2.75) is 19.1 Å². The van der Waals surface area contributed by atoms with Gasteiger partial charge < -0.3 is 14.9 Å². The molecule has 6 nitrogen and oxygen atoms in total. The predicted molar refractivity (Wildman–Crippen MR) is 86.2 cm³/mol. The molecule has 2 aromatic heterocycles. The van der Waals surface area contributed by atoms with Crippen LogP contribution in [0.1, 0.15) is 12.0 Å². The van der Waals surface area contributed by atoms with Crippen molar-refractivity contribution in [2.75, 3.05) is 29.9 Å². The smallest absolute Gasteiger partial charge is 0.227 e. The molecule has 0 saturated carbocycles. The van der Waals surface area contributed by atoms with Crippen molar-refractivity contribution in [3.8, 4) is 0 Å². The van der Waals surface area contributed by atoms with Crippen LogP contribution in [-0.4, -0.2) is 46.3 Å². The van der Waals surface area contributed by atoms with Crippen LogP contribution >= 0.6 is 11.6 Å². The van der Waals surface area contributed by atoms with E-state index >= 15 is 0 Å². The summed E-state index contributed by atoms with van der Waals surface area (Å²) >= 11 is 6.09. The number of β-amino-alcohol motifs (C(OH)–C–C–N with tert-alkyl or cyclic N) is 1. The Morgan fingerprint density at radius 2 is 2.23 bits per heavy atom. The number of hydrogen-bond acceptors (Lipinski definition) is 6. The lowest BCUT2D eigenvalue weighted by atomic mass is 10.3. The van der Waals surface area contributed by atoms with Crippen molar-refractivity contribution in [3.63, 3.8) is 0 Å². The van der Waals surface area contributed by atoms with E-state index < -0.39 is 0 Å². The molecule has 1 N–H and O–H groups in total. The zero-order valence-electron chi connectivity index (χ0n) is 12.4. The highest BCUT2D eigenvalue weighted by molar-refractivity contribution is 6.30. The number of pyridine rings is 1. The Morgan fingerprint density at radius 1 is 1.36 bits per heavy atom. The van der Waals surface area contributed by atoms with E-state index in [4.69, 9.17) is 11.6 Å². The molecule has 0 aliphatic carbocycles. The van der Waals surface area contributed by atoms with E-state index in [1.807, 2.05) is 30.1 Å². The molecule has 0 bridgehead atoms. The minimum Gasteiger partial charge on any atom is -0.391 e. The van der Waals surface area contributed by atoms with Crippen LogP contribution in [0.2, 0.25) is 5.15 Å². The fourth-order valence-corrected chi connectivity index (χ4v) is 2.69. The van der Waals surface area contributed by atoms with Crippen LogP contribution in [0.5, 0.6) is 0 Å². The van der Waals surface area contributed by atoms with Gasteiger partial charge in [0.25, 0.3) is 0 Å². The van der Waals surface area contributed by atoms with E-state index in [2.05, 4.69) is 19.9 Å². The van der Waals surface area contributed by atoms with Gasteiger partial charge in [0.05, 0.1) is 6.10 Å². The molecular weight excluding hydrogens is 302 g/mol. The van der Waals surface area contributed by atoms with Gasteiger partial charge in [0.1, 0.15) is 11.0 Å². The summed E-state index contributed by atoms with van der Waals surface area (Å²) < 4.78 is 0. The molecule has 0 unspecified atom stereocenters. The van der Waals surface area contributed by atoms with Gasteiger partial charge in [-0.25, -0.2) is 9.97 Å². The van der Waals surface area contributed by atoms with Gasteiger partial charge in [0.2, 0.25) is 5.95 Å². The largest absolute Gasteiger partial charge is 0.391 e. The molecule has 2 aromatic rings. The number of hydrogen-bond donors (Lipinski definition) is 1. The quantitative estimate of drug-likeness (QED) is 0.866. The molecule has 1 atom stereocenters. The molecule has 0 amide bonds. The van der Waals surface area contributed by atoms with Crippen LogP contribution in [0, 0.1) is 0 Å². The second kappa shape index (κ2) is 6.46. The Morgan fingerprint density at radius 3 is 2.95 bits per heavy atom. The maximum Gasteiger partial charge on any atom is 0.227 e. The predicted octanol–water partition coefficient (Wildman–Crippen LogP) is 1.73. The molecular formula is C15H18ClN5O. The standard InChI is InChI=1S/C15H18ClN5O/c1-20(9-11-3-2-6-17-14(11)16)15-18-7-4-13(19-15)21-8-5-12(22)10-21/h2-4,6-7,12,22H,5,8-10H2,1H3/t12-/m1/s1. The Labute approximate surface area is 134 Å². The lowest BCUT2D eigenvalue weighted by Gasteiger charge is -2.21. The van der Waals surface area contributed by atoms with Crippen molar-refractivity contribution in [3.05, 3.63) is 41.3 Å². The van der Waals surface area contributed by atoms with Gasteiger partial charge in [0, 0.05) is 44.6 Å². The summed E-state index contributed by atoms with van der Waals surface area (Å²) in [6, 6.07) is 5.66. The minimum absolute atomic E-state index is 0.273. The number of nitrogens with zero attached hydrogens (tertiary/aromatic N) is 5. The van der Waals surface area contributed by atoms with Gasteiger partial charge in [-0.3, -0.25) is 0 Å². The average Bonchev–Trinajstić information content (AvgIpc) is 2.96. The molecule has 1 aliphatic rings. The highest BCUT2D eigenvalue weighted by atomic mass is 35.5. The van der Waals surface area contributed by atoms with Crippen molar-refractivity contribution in [2.24, 2.45) is 0 Å². The molecule has 22 heavy (non-hydrogen) atoms. The average molecular weight is 320 g/mol. The lowest BCUT2D eigenvalue weighted by molar-refractivity contribution is 0.198. The SMILES string of the molecule is CN(Cc1cccnc1Cl)c1nccc(N2CC[C@@H](O)C2)n1. The maximum absolute atomic E-state index is 9.65. The van der Waals surface area contributed by atoms with E-state index in [-0.39, 0.29) is 6.10 Å². The molecule has 1 fully saturated rings. The second-order valence-electron chi connectivity index (χ2n) is 5.41. The summed E-state index contributed by atoms with van der Waals surface area (Å²) in [6.07, 6.45) is 3.91. The first-order chi connectivity index (χ1) is 10.6. The molecule has 0 radical (unpaired) electrons. The fourth-order valence-electron chi connectivity index (χ4n) is 2.51. The first-order valence-electron chi connectivity index (χ1n) is 7.20. The van der Waals surface area contributed by atoms with E-state index in [1.54, 1.807) is 12.4 Å². The maximum atomic E-state index is 9.65. The van der Waals surface area contributed by atoms with Crippen LogP contribution in [0.3, 0.4) is 0 Å². The van der Waals surface area contributed by atoms with Crippen molar-refractivity contribution in [1.29, 1.82) is 0 Å². The molecule has 7 heteroatoms. The topological polar surface area (TPSA) is 65.4 Å². The molecule has 116 valence electrons. The van der Waals surface area contributed by atoms with E-state index in [1.165, 1.54) is 0 Å². The fraction of sp³-hybridized carbons (Fsp3) is 0.400. The summed E-state index contributed by atoms with van der Waals surface area (Å²) in [5.41, 5.74) is 0.928. The third kappa shape index (κ3) is 3.28. The zero-order valence-corrected chi connectivity index (χ0v) is 13.1. The Kier molecular flexibility index (Phi) is 4.40. The second-order valence-corrected chi connectivity index (χ2v) is 5.77. The van der Waals surface area contributed by atoms with Crippen molar-refractivity contribution >= 4 is 23.4 Å². The van der Waals surface area contributed by atoms with Crippen LogP contribution in [0.15, 0.2) is 30.6 Å². The number of halogens is 1. The molecule has 0 aromatic carbocycles. The summed E-state index contributed by atoms with van der Waals surface area (Å²) in [4.78, 5) is 17.0. The number of aliphatic hydroxyl groups is 1. The molecule has 3 heterocycles. The van der Waals surface area contributed by atoms with Gasteiger partial charge in [-0.1, -0.05) is 17.7 Å². The first kappa shape index (κ1) is 15.0. The van der Waals surface area contributed by atoms with E-state index in [0.29, 0.717) is 24.2 Å². The molecule has 0 spiro atoms. The van der Waals surface area contributed by atoms with Crippen LogP contribution in [0.4, 0.5) is 11.8 Å². The van der Waals surface area contributed by atoms with Crippen LogP contribution < -0.4 is 9.80 Å². The minimum atomic E-state index is -0.273. The Bertz CT molecular complexity index is 653. The highest BCUT2D eigenvalue weighted by Gasteiger charge is 2.22. The number of anilines is 2. The Balaban J connectivity index is 1.75. The summed E-state index contributed by atoms with van der Waals surface area (Å²) in [5, 5.41) is 10.1. The van der Waals surface area contributed by atoms with Crippen molar-refractivity contribution < 1.29 is 5.11 Å². The molecule has 3 rings (SSSR count). The summed E-state index contributed by atoms with van der Waals surface area (Å²) in [6.45, 7) is 2.02. The van der Waals surface area contributed by atoms with Crippen LogP contribution in [0.25, 0.3) is 0 Å². The normalized spacial score (nSPS) is 17.8. The monoisotopic (exact) mass is 319 g/mol. The number of aliphatic hydroxyl groups excluding tert-OH is 1. The number of rotatable bonds is 4. The lowest BCUT2D eigenvalue weighted by Crippen LogP contribution is -2.24. The van der Waals surface area contributed by atoms with Gasteiger partial charge in [-0.2, -0.15) is 4.98 Å². The zero-order chi connectivity index (χ0) is 15.5. The third-order valence-electron chi connectivity index (χ3n) is 3.70. The van der Waals surface area contributed by atoms with Gasteiger partial charge in [-0.15, -0.1) is 0 Å². The van der Waals surface area contributed by atoms with E-state index in [9.17, 15) is 5.11 Å². The third-order valence-corrected chi connectivity index (χ3v) is 4.04. The van der Waals surface area contributed by atoms with Crippen molar-refractivity contribution in [1.82, 2.24) is 15.0 Å². The number of aromatic nitrogens is 3. The first-order valence-corrected chi connectivity index (χ1v) is 7.58. The van der Waals surface area contributed by atoms with Gasteiger partial charge in [0.15, 0.2) is 0 Å². The van der Waals surface area contributed by atoms with Gasteiger partial charge in [-0.05, 0) is 18.6 Å². The Hall–Kier alpha value is -1.92. The summed E-state index contributed by atoms with van der Waals surface area (Å²) in [5.74, 6) is 1.46. The molecule has 1 aliphatic heterocycles. The summed E-state index contributed by atoms with van der Waals surface area (Å²) in [7, 11) is 1.92.